The normalized spacial score (nSPS) is 28.0. The summed E-state index contributed by atoms with van der Waals surface area (Å²) in [5.74, 6) is 1.26. The summed E-state index contributed by atoms with van der Waals surface area (Å²) in [7, 11) is 0. The maximum absolute atomic E-state index is 11.7. The van der Waals surface area contributed by atoms with Crippen molar-refractivity contribution in [3.05, 3.63) is 0 Å². The fourth-order valence-electron chi connectivity index (χ4n) is 2.32. The predicted molar refractivity (Wildman–Crippen MR) is 72.4 cm³/mol. The van der Waals surface area contributed by atoms with Crippen LogP contribution in [0, 0.1) is 0 Å². The quantitative estimate of drug-likeness (QED) is 0.712. The zero-order valence-electron chi connectivity index (χ0n) is 10.8. The molecule has 0 bridgehead atoms. The smallest absolute Gasteiger partial charge is 0.332 e. The van der Waals surface area contributed by atoms with Crippen LogP contribution in [0.15, 0.2) is 0 Å². The topological polar surface area (TPSA) is 87.7 Å². The number of rotatable bonds is 4. The molecule has 0 aromatic rings. The number of carbonyl (C=O) groups excluding carboxylic acids is 1. The molecule has 2 atom stereocenters. The minimum atomic E-state index is -0.924. The van der Waals surface area contributed by atoms with Gasteiger partial charge in [-0.15, -0.1) is 0 Å². The second-order valence-corrected chi connectivity index (χ2v) is 6.13. The molecule has 108 valence electrons. The van der Waals surface area contributed by atoms with Gasteiger partial charge in [-0.2, -0.15) is 11.8 Å². The van der Waals surface area contributed by atoms with Gasteiger partial charge in [-0.25, -0.2) is 9.59 Å². The highest BCUT2D eigenvalue weighted by molar-refractivity contribution is 7.99. The van der Waals surface area contributed by atoms with Crippen LogP contribution < -0.4 is 10.6 Å². The molecule has 2 fully saturated rings. The molecule has 0 spiro atoms. The van der Waals surface area contributed by atoms with Gasteiger partial charge in [0, 0.05) is 12.6 Å². The van der Waals surface area contributed by atoms with Crippen LogP contribution in [0.25, 0.3) is 0 Å². The maximum atomic E-state index is 11.7. The Morgan fingerprint density at radius 1 is 1.21 bits per heavy atom. The number of urea groups is 1. The molecule has 0 aliphatic carbocycles. The summed E-state index contributed by atoms with van der Waals surface area (Å²) in [6.45, 7) is 0.372. The van der Waals surface area contributed by atoms with Gasteiger partial charge in [0.25, 0.3) is 0 Å². The first-order valence-electron chi connectivity index (χ1n) is 6.65. The second kappa shape index (κ2) is 7.00. The van der Waals surface area contributed by atoms with Gasteiger partial charge in [0.15, 0.2) is 6.10 Å². The molecular formula is C12H20N2O4S. The third-order valence-electron chi connectivity index (χ3n) is 3.43. The maximum Gasteiger partial charge on any atom is 0.332 e. The number of nitrogens with one attached hydrogen (secondary N) is 2. The van der Waals surface area contributed by atoms with E-state index < -0.39 is 12.1 Å². The molecule has 7 heteroatoms. The molecule has 0 saturated carbocycles. The first-order valence-corrected chi connectivity index (χ1v) is 7.81. The summed E-state index contributed by atoms with van der Waals surface area (Å²) in [5.41, 5.74) is 0. The Morgan fingerprint density at radius 3 is 2.58 bits per heavy atom. The fourth-order valence-corrected chi connectivity index (χ4v) is 3.43. The summed E-state index contributed by atoms with van der Waals surface area (Å²) in [6, 6.07) is 0.0804. The van der Waals surface area contributed by atoms with Crippen molar-refractivity contribution in [2.24, 2.45) is 0 Å². The Kier molecular flexibility index (Phi) is 5.33. The van der Waals surface area contributed by atoms with Crippen molar-refractivity contribution < 1.29 is 19.4 Å². The molecule has 2 aliphatic rings. The molecule has 2 rings (SSSR count). The van der Waals surface area contributed by atoms with Crippen LogP contribution in [-0.2, 0) is 9.53 Å². The van der Waals surface area contributed by atoms with Crippen LogP contribution in [0.2, 0.25) is 0 Å². The van der Waals surface area contributed by atoms with Crippen LogP contribution in [0.3, 0.4) is 0 Å². The van der Waals surface area contributed by atoms with Crippen molar-refractivity contribution in [1.82, 2.24) is 10.6 Å². The van der Waals surface area contributed by atoms with E-state index in [-0.39, 0.29) is 18.2 Å². The first-order chi connectivity index (χ1) is 9.15. The molecule has 2 saturated heterocycles. The fraction of sp³-hybridized carbons (Fsp3) is 0.833. The van der Waals surface area contributed by atoms with Crippen LogP contribution in [0.4, 0.5) is 4.79 Å². The van der Waals surface area contributed by atoms with Gasteiger partial charge in [-0.3, -0.25) is 0 Å². The second-order valence-electron chi connectivity index (χ2n) is 4.90. The van der Waals surface area contributed by atoms with Crippen LogP contribution in [0.1, 0.15) is 25.7 Å². The van der Waals surface area contributed by atoms with E-state index in [0.29, 0.717) is 19.4 Å². The number of amides is 2. The first kappa shape index (κ1) is 14.5. The Morgan fingerprint density at radius 2 is 1.95 bits per heavy atom. The summed E-state index contributed by atoms with van der Waals surface area (Å²) < 4.78 is 5.32. The van der Waals surface area contributed by atoms with Gasteiger partial charge in [0.05, 0.1) is 6.10 Å². The molecule has 0 radical (unpaired) electrons. The molecule has 19 heavy (non-hydrogen) atoms. The van der Waals surface area contributed by atoms with Crippen molar-refractivity contribution >= 4 is 23.8 Å². The van der Waals surface area contributed by atoms with Crippen LogP contribution >= 0.6 is 11.8 Å². The lowest BCUT2D eigenvalue weighted by atomic mass is 10.1. The number of hydrogen-bond acceptors (Lipinski definition) is 4. The standard InChI is InChI=1S/C12H20N2O4S/c15-11(16)10-2-1-9(18-10)7-13-12(17)14-8-3-5-19-6-4-8/h8-10H,1-7H2,(H,15,16)(H2,13,14,17). The summed E-state index contributed by atoms with van der Waals surface area (Å²) in [5, 5.41) is 14.5. The van der Waals surface area contributed by atoms with Gasteiger partial charge in [0.1, 0.15) is 0 Å². The molecule has 2 amide bonds. The van der Waals surface area contributed by atoms with Gasteiger partial charge in [-0.05, 0) is 37.2 Å². The molecular weight excluding hydrogens is 268 g/mol. The Hall–Kier alpha value is -0.950. The Bertz CT molecular complexity index is 334. The van der Waals surface area contributed by atoms with E-state index in [1.165, 1.54) is 0 Å². The summed E-state index contributed by atoms with van der Waals surface area (Å²) in [6.07, 6.45) is 2.32. The van der Waals surface area contributed by atoms with E-state index in [1.54, 1.807) is 0 Å². The number of hydrogen-bond donors (Lipinski definition) is 3. The van der Waals surface area contributed by atoms with Gasteiger partial charge < -0.3 is 20.5 Å². The molecule has 0 aromatic carbocycles. The zero-order valence-corrected chi connectivity index (χ0v) is 11.6. The minimum Gasteiger partial charge on any atom is -0.479 e. The monoisotopic (exact) mass is 288 g/mol. The van der Waals surface area contributed by atoms with Crippen LogP contribution in [-0.4, -0.2) is 53.4 Å². The number of ether oxygens (including phenoxy) is 1. The highest BCUT2D eigenvalue weighted by atomic mass is 32.2. The van der Waals surface area contributed by atoms with Gasteiger partial charge in [0.2, 0.25) is 0 Å². The zero-order chi connectivity index (χ0) is 13.7. The lowest BCUT2D eigenvalue weighted by Gasteiger charge is -2.23. The average Bonchev–Trinajstić information content (AvgIpc) is 2.86. The van der Waals surface area contributed by atoms with E-state index in [0.717, 1.165) is 24.3 Å². The molecule has 2 heterocycles. The third-order valence-corrected chi connectivity index (χ3v) is 4.48. The minimum absolute atomic E-state index is 0.181. The number of carboxylic acids is 1. The van der Waals surface area contributed by atoms with Crippen molar-refractivity contribution in [2.45, 2.75) is 43.9 Å². The van der Waals surface area contributed by atoms with Crippen molar-refractivity contribution in [3.63, 3.8) is 0 Å². The van der Waals surface area contributed by atoms with E-state index >= 15 is 0 Å². The average molecular weight is 288 g/mol. The number of thioether (sulfide) groups is 1. The summed E-state index contributed by atoms with van der Waals surface area (Å²) in [4.78, 5) is 22.4. The lowest BCUT2D eigenvalue weighted by molar-refractivity contribution is -0.149. The Balaban J connectivity index is 1.62. The van der Waals surface area contributed by atoms with E-state index in [4.69, 9.17) is 9.84 Å². The van der Waals surface area contributed by atoms with E-state index in [2.05, 4.69) is 10.6 Å². The van der Waals surface area contributed by atoms with Crippen molar-refractivity contribution in [1.29, 1.82) is 0 Å². The SMILES string of the molecule is O=C(NCC1CCC(C(=O)O)O1)NC1CCSCC1. The largest absolute Gasteiger partial charge is 0.479 e. The van der Waals surface area contributed by atoms with E-state index in [9.17, 15) is 9.59 Å². The highest BCUT2D eigenvalue weighted by Crippen LogP contribution is 2.19. The third kappa shape index (κ3) is 4.58. The lowest BCUT2D eigenvalue weighted by Crippen LogP contribution is -2.45. The van der Waals surface area contributed by atoms with Crippen LogP contribution in [0.5, 0.6) is 0 Å². The Labute approximate surface area is 116 Å². The summed E-state index contributed by atoms with van der Waals surface area (Å²) >= 11 is 1.92. The molecule has 0 aromatic heterocycles. The molecule has 2 aliphatic heterocycles. The van der Waals surface area contributed by atoms with Gasteiger partial charge in [-0.1, -0.05) is 0 Å². The van der Waals surface area contributed by atoms with Gasteiger partial charge >= 0.3 is 12.0 Å². The van der Waals surface area contributed by atoms with Crippen molar-refractivity contribution in [3.8, 4) is 0 Å². The van der Waals surface area contributed by atoms with Crippen molar-refractivity contribution in [2.75, 3.05) is 18.1 Å². The number of carboxylic acid groups (broad SMARTS) is 1. The molecule has 6 nitrogen and oxygen atoms in total. The molecule has 3 N–H and O–H groups in total. The highest BCUT2D eigenvalue weighted by Gasteiger charge is 2.30. The predicted octanol–water partition coefficient (Wildman–Crippen LogP) is 0.813. The molecule has 2 unspecified atom stereocenters. The van der Waals surface area contributed by atoms with E-state index in [1.807, 2.05) is 11.8 Å². The number of carbonyl (C=O) groups is 2. The number of aliphatic carboxylic acids is 1.